The summed E-state index contributed by atoms with van der Waals surface area (Å²) in [6, 6.07) is 9.40. The van der Waals surface area contributed by atoms with Crippen LogP contribution < -0.4 is 0 Å². The van der Waals surface area contributed by atoms with Gasteiger partial charge in [-0.2, -0.15) is 0 Å². The number of benzene rings is 1. The molecule has 1 aromatic carbocycles. The van der Waals surface area contributed by atoms with Crippen molar-refractivity contribution in [1.29, 1.82) is 0 Å². The second-order valence-corrected chi connectivity index (χ2v) is 3.31. The molecule has 0 unspecified atom stereocenters. The number of aliphatic carboxylic acids is 1. The van der Waals surface area contributed by atoms with Gasteiger partial charge in [-0.25, -0.2) is 4.79 Å². The lowest BCUT2D eigenvalue weighted by molar-refractivity contribution is -0.138. The molecule has 68 valence electrons. The van der Waals surface area contributed by atoms with Crippen molar-refractivity contribution in [3.8, 4) is 0 Å². The smallest absolute Gasteiger partial charge is 0.336 e. The standard InChI is InChI=1S/C10H10O3/c1-10(8(13-10)9(11)12)7-5-3-2-4-6-7/h2-6,8H,1H3,(H,11,12)/t8-,10+/m0/s1. The van der Waals surface area contributed by atoms with Gasteiger partial charge in [0.15, 0.2) is 6.10 Å². The SMILES string of the molecule is C[C@]1(c2ccccc2)O[C@H]1C(=O)O. The molecule has 0 saturated carbocycles. The molecule has 2 rings (SSSR count). The van der Waals surface area contributed by atoms with Crippen LogP contribution >= 0.6 is 0 Å². The monoisotopic (exact) mass is 178 g/mol. The Morgan fingerprint density at radius 2 is 2.08 bits per heavy atom. The molecule has 13 heavy (non-hydrogen) atoms. The fourth-order valence-corrected chi connectivity index (χ4v) is 1.49. The van der Waals surface area contributed by atoms with Gasteiger partial charge in [-0.1, -0.05) is 30.3 Å². The summed E-state index contributed by atoms with van der Waals surface area (Å²) >= 11 is 0. The van der Waals surface area contributed by atoms with Crippen molar-refractivity contribution >= 4 is 5.97 Å². The highest BCUT2D eigenvalue weighted by molar-refractivity contribution is 5.77. The van der Waals surface area contributed by atoms with Crippen molar-refractivity contribution in [3.05, 3.63) is 35.9 Å². The summed E-state index contributed by atoms with van der Waals surface area (Å²) in [5.41, 5.74) is 0.301. The fraction of sp³-hybridized carbons (Fsp3) is 0.300. The van der Waals surface area contributed by atoms with Gasteiger partial charge >= 0.3 is 5.97 Å². The lowest BCUT2D eigenvalue weighted by atomic mass is 9.98. The highest BCUT2D eigenvalue weighted by Crippen LogP contribution is 2.45. The third-order valence-corrected chi connectivity index (χ3v) is 2.38. The first kappa shape index (κ1) is 8.26. The summed E-state index contributed by atoms with van der Waals surface area (Å²) in [7, 11) is 0. The van der Waals surface area contributed by atoms with E-state index in [-0.39, 0.29) is 0 Å². The number of hydrogen-bond donors (Lipinski definition) is 1. The first-order valence-electron chi connectivity index (χ1n) is 4.11. The maximum Gasteiger partial charge on any atom is 0.336 e. The van der Waals surface area contributed by atoms with E-state index >= 15 is 0 Å². The summed E-state index contributed by atoms with van der Waals surface area (Å²) in [6.45, 7) is 1.79. The second kappa shape index (κ2) is 2.57. The number of rotatable bonds is 2. The summed E-state index contributed by atoms with van der Waals surface area (Å²) in [5.74, 6) is -0.897. The molecule has 0 radical (unpaired) electrons. The van der Waals surface area contributed by atoms with Gasteiger partial charge in [-0.15, -0.1) is 0 Å². The molecule has 2 atom stereocenters. The third-order valence-electron chi connectivity index (χ3n) is 2.38. The zero-order valence-corrected chi connectivity index (χ0v) is 7.23. The molecule has 1 aliphatic heterocycles. The Kier molecular flexibility index (Phi) is 1.63. The molecule has 0 aromatic heterocycles. The average Bonchev–Trinajstić information content (AvgIpc) is 2.82. The number of hydrogen-bond acceptors (Lipinski definition) is 2. The van der Waals surface area contributed by atoms with E-state index in [1.807, 2.05) is 30.3 Å². The molecule has 1 aromatic rings. The number of carbonyl (C=O) groups is 1. The van der Waals surface area contributed by atoms with Gasteiger partial charge in [0, 0.05) is 0 Å². The van der Waals surface area contributed by atoms with E-state index in [4.69, 9.17) is 9.84 Å². The zero-order valence-electron chi connectivity index (χ0n) is 7.23. The minimum atomic E-state index is -0.897. The van der Waals surface area contributed by atoms with Crippen molar-refractivity contribution < 1.29 is 14.6 Å². The van der Waals surface area contributed by atoms with E-state index < -0.39 is 17.7 Å². The van der Waals surface area contributed by atoms with Crippen molar-refractivity contribution in [2.75, 3.05) is 0 Å². The summed E-state index contributed by atoms with van der Waals surface area (Å²) < 4.78 is 5.15. The van der Waals surface area contributed by atoms with E-state index in [0.717, 1.165) is 5.56 Å². The molecule has 0 spiro atoms. The summed E-state index contributed by atoms with van der Waals surface area (Å²) in [5, 5.41) is 8.73. The van der Waals surface area contributed by atoms with Gasteiger partial charge in [-0.3, -0.25) is 0 Å². The maximum absolute atomic E-state index is 10.6. The van der Waals surface area contributed by atoms with Crippen molar-refractivity contribution in [2.45, 2.75) is 18.6 Å². The first-order chi connectivity index (χ1) is 6.14. The van der Waals surface area contributed by atoms with E-state index in [0.29, 0.717) is 0 Å². The van der Waals surface area contributed by atoms with E-state index in [1.165, 1.54) is 0 Å². The molecule has 3 heteroatoms. The number of carboxylic acids is 1. The van der Waals surface area contributed by atoms with Crippen LogP contribution in [-0.4, -0.2) is 17.2 Å². The van der Waals surface area contributed by atoms with Crippen LogP contribution in [0.15, 0.2) is 30.3 Å². The maximum atomic E-state index is 10.6. The van der Waals surface area contributed by atoms with E-state index in [2.05, 4.69) is 0 Å². The van der Waals surface area contributed by atoms with Gasteiger partial charge in [-0.05, 0) is 12.5 Å². The van der Waals surface area contributed by atoms with Gasteiger partial charge in [0.2, 0.25) is 0 Å². The van der Waals surface area contributed by atoms with Crippen LogP contribution in [0.25, 0.3) is 0 Å². The molecule has 1 heterocycles. The van der Waals surface area contributed by atoms with Crippen molar-refractivity contribution in [1.82, 2.24) is 0 Å². The topological polar surface area (TPSA) is 49.8 Å². The Labute approximate surface area is 76.0 Å². The number of ether oxygens (including phenoxy) is 1. The fourth-order valence-electron chi connectivity index (χ4n) is 1.49. The van der Waals surface area contributed by atoms with Crippen molar-refractivity contribution in [3.63, 3.8) is 0 Å². The predicted octanol–water partition coefficient (Wildman–Crippen LogP) is 1.39. The van der Waals surface area contributed by atoms with Crippen LogP contribution in [0.1, 0.15) is 12.5 Å². The lowest BCUT2D eigenvalue weighted by Crippen LogP contribution is -2.15. The minimum Gasteiger partial charge on any atom is -0.479 e. The Hall–Kier alpha value is -1.35. The molecule has 0 aliphatic carbocycles. The number of epoxide rings is 1. The Bertz CT molecular complexity index is 333. The van der Waals surface area contributed by atoms with Crippen LogP contribution in [-0.2, 0) is 15.1 Å². The minimum absolute atomic E-state index is 0.618. The molecule has 0 amide bonds. The predicted molar refractivity (Wildman–Crippen MR) is 46.3 cm³/mol. The highest BCUT2D eigenvalue weighted by atomic mass is 16.6. The van der Waals surface area contributed by atoms with Crippen LogP contribution in [0.3, 0.4) is 0 Å². The Morgan fingerprint density at radius 3 is 2.54 bits per heavy atom. The molecule has 1 aliphatic rings. The highest BCUT2D eigenvalue weighted by Gasteiger charge is 2.58. The first-order valence-corrected chi connectivity index (χ1v) is 4.11. The van der Waals surface area contributed by atoms with Gasteiger partial charge in [0.25, 0.3) is 0 Å². The zero-order chi connectivity index (χ0) is 9.47. The second-order valence-electron chi connectivity index (χ2n) is 3.31. The largest absolute Gasteiger partial charge is 0.479 e. The molecule has 3 nitrogen and oxygen atoms in total. The van der Waals surface area contributed by atoms with Gasteiger partial charge in [0.05, 0.1) is 0 Å². The molecular formula is C10H10O3. The lowest BCUT2D eigenvalue weighted by Gasteiger charge is -2.03. The summed E-state index contributed by atoms with van der Waals surface area (Å²) in [4.78, 5) is 10.6. The van der Waals surface area contributed by atoms with Crippen molar-refractivity contribution in [2.24, 2.45) is 0 Å². The average molecular weight is 178 g/mol. The normalized spacial score (nSPS) is 31.3. The van der Waals surface area contributed by atoms with Crippen LogP contribution in [0.4, 0.5) is 0 Å². The van der Waals surface area contributed by atoms with Crippen LogP contribution in [0.5, 0.6) is 0 Å². The molecular weight excluding hydrogens is 168 g/mol. The molecule has 0 bridgehead atoms. The number of carboxylic acid groups (broad SMARTS) is 1. The Balaban J connectivity index is 2.25. The molecule has 1 N–H and O–H groups in total. The summed E-state index contributed by atoms with van der Waals surface area (Å²) in [6.07, 6.45) is -0.685. The van der Waals surface area contributed by atoms with E-state index in [1.54, 1.807) is 6.92 Å². The Morgan fingerprint density at radius 1 is 1.46 bits per heavy atom. The van der Waals surface area contributed by atoms with Gasteiger partial charge < -0.3 is 9.84 Å². The van der Waals surface area contributed by atoms with Crippen LogP contribution in [0.2, 0.25) is 0 Å². The van der Waals surface area contributed by atoms with E-state index in [9.17, 15) is 4.79 Å². The quantitative estimate of drug-likeness (QED) is 0.696. The molecule has 1 saturated heterocycles. The van der Waals surface area contributed by atoms with Gasteiger partial charge in [0.1, 0.15) is 5.60 Å². The molecule has 1 fully saturated rings. The third kappa shape index (κ3) is 1.21. The van der Waals surface area contributed by atoms with Crippen LogP contribution in [0, 0.1) is 0 Å².